The van der Waals surface area contributed by atoms with Gasteiger partial charge in [0.05, 0.1) is 12.8 Å². The number of nitrogens with zero attached hydrogens (tertiary/aromatic N) is 2. The van der Waals surface area contributed by atoms with Crippen molar-refractivity contribution in [1.29, 1.82) is 0 Å². The molecule has 2 rings (SSSR count). The summed E-state index contributed by atoms with van der Waals surface area (Å²) >= 11 is 5.94. The highest BCUT2D eigenvalue weighted by atomic mass is 35.5. The highest BCUT2D eigenvalue weighted by Crippen LogP contribution is 2.27. The van der Waals surface area contributed by atoms with E-state index in [1.165, 1.54) is 19.4 Å². The van der Waals surface area contributed by atoms with Crippen molar-refractivity contribution in [2.24, 2.45) is 0 Å². The van der Waals surface area contributed by atoms with Crippen molar-refractivity contribution in [3.05, 3.63) is 41.2 Å². The average Bonchev–Trinajstić information content (AvgIpc) is 2.47. The fraction of sp³-hybridized carbons (Fsp3) is 0.267. The summed E-state index contributed by atoms with van der Waals surface area (Å²) in [7, 11) is 1.52. The van der Waals surface area contributed by atoms with Gasteiger partial charge in [-0.3, -0.25) is 4.79 Å². The van der Waals surface area contributed by atoms with E-state index in [2.05, 4.69) is 20.6 Å². The monoisotopic (exact) mass is 320 g/mol. The van der Waals surface area contributed by atoms with Gasteiger partial charge in [-0.25, -0.2) is 9.97 Å². The number of halogens is 1. The highest BCUT2D eigenvalue weighted by Gasteiger charge is 2.12. The molecule has 0 saturated carbocycles. The minimum atomic E-state index is -0.366. The number of hydrogen-bond acceptors (Lipinski definition) is 5. The zero-order valence-electron chi connectivity index (χ0n) is 12.6. The molecule has 0 bridgehead atoms. The predicted octanol–water partition coefficient (Wildman–Crippen LogP) is 3.21. The number of ether oxygens (including phenoxy) is 1. The number of amides is 1. The van der Waals surface area contributed by atoms with Crippen molar-refractivity contribution in [3.8, 4) is 5.75 Å². The second kappa shape index (κ2) is 7.09. The van der Waals surface area contributed by atoms with E-state index in [1.807, 2.05) is 13.8 Å². The van der Waals surface area contributed by atoms with Crippen LogP contribution in [0.4, 0.5) is 11.6 Å². The summed E-state index contributed by atoms with van der Waals surface area (Å²) in [5, 5.41) is 6.28. The van der Waals surface area contributed by atoms with E-state index in [-0.39, 0.29) is 17.6 Å². The molecule has 0 unspecified atom stereocenters. The van der Waals surface area contributed by atoms with Crippen LogP contribution in [-0.2, 0) is 0 Å². The molecule has 0 radical (unpaired) electrons. The van der Waals surface area contributed by atoms with E-state index < -0.39 is 0 Å². The third kappa shape index (κ3) is 4.08. The number of carbonyl (C=O) groups excluding carboxylic acids is 1. The van der Waals surface area contributed by atoms with Gasteiger partial charge in [0.1, 0.15) is 11.4 Å². The highest BCUT2D eigenvalue weighted by molar-refractivity contribution is 6.31. The van der Waals surface area contributed by atoms with Crippen LogP contribution in [0.3, 0.4) is 0 Å². The van der Waals surface area contributed by atoms with Crippen LogP contribution in [0, 0.1) is 0 Å². The lowest BCUT2D eigenvalue weighted by Gasteiger charge is -2.11. The number of aromatic nitrogens is 2. The quantitative estimate of drug-likeness (QED) is 0.884. The molecule has 1 heterocycles. The molecule has 1 aromatic carbocycles. The number of nitrogens with one attached hydrogen (secondary N) is 2. The van der Waals surface area contributed by atoms with E-state index in [9.17, 15) is 4.79 Å². The van der Waals surface area contributed by atoms with Crippen LogP contribution < -0.4 is 15.4 Å². The van der Waals surface area contributed by atoms with Gasteiger partial charge < -0.3 is 15.4 Å². The molecule has 2 aromatic rings. The molecule has 0 aliphatic heterocycles. The van der Waals surface area contributed by atoms with Crippen molar-refractivity contribution in [2.45, 2.75) is 19.9 Å². The Kier molecular flexibility index (Phi) is 5.16. The first-order valence-corrected chi connectivity index (χ1v) is 7.12. The second-order valence-electron chi connectivity index (χ2n) is 4.86. The molecular formula is C15H17ClN4O2. The number of carbonyl (C=O) groups is 1. The Balaban J connectivity index is 2.20. The lowest BCUT2D eigenvalue weighted by atomic mass is 10.2. The van der Waals surface area contributed by atoms with E-state index in [4.69, 9.17) is 16.3 Å². The number of methoxy groups -OCH3 is 1. The SMILES string of the molecule is COc1ccc(Cl)cc1NC(=O)c1ccnc(NC(C)C)n1. The Labute approximate surface area is 133 Å². The number of anilines is 2. The average molecular weight is 321 g/mol. The maximum absolute atomic E-state index is 12.3. The van der Waals surface area contributed by atoms with Crippen molar-refractivity contribution >= 4 is 29.1 Å². The van der Waals surface area contributed by atoms with Crippen molar-refractivity contribution < 1.29 is 9.53 Å². The number of rotatable bonds is 5. The van der Waals surface area contributed by atoms with Crippen molar-refractivity contribution in [2.75, 3.05) is 17.7 Å². The summed E-state index contributed by atoms with van der Waals surface area (Å²) < 4.78 is 5.19. The van der Waals surface area contributed by atoms with E-state index in [0.717, 1.165) is 0 Å². The molecule has 7 heteroatoms. The number of hydrogen-bond donors (Lipinski definition) is 2. The van der Waals surface area contributed by atoms with Crippen LogP contribution in [0.5, 0.6) is 5.75 Å². The van der Waals surface area contributed by atoms with Crippen LogP contribution in [0.25, 0.3) is 0 Å². The summed E-state index contributed by atoms with van der Waals surface area (Å²) in [5.74, 6) is 0.558. The number of benzene rings is 1. The van der Waals surface area contributed by atoms with Gasteiger partial charge in [0.15, 0.2) is 0 Å². The van der Waals surface area contributed by atoms with Gasteiger partial charge >= 0.3 is 0 Å². The minimum absolute atomic E-state index is 0.173. The van der Waals surface area contributed by atoms with Gasteiger partial charge in [0.2, 0.25) is 5.95 Å². The molecule has 6 nitrogen and oxygen atoms in total. The zero-order chi connectivity index (χ0) is 16.1. The molecule has 22 heavy (non-hydrogen) atoms. The molecular weight excluding hydrogens is 304 g/mol. The standard InChI is InChI=1S/C15H17ClN4O2/c1-9(2)18-15-17-7-6-11(20-15)14(21)19-12-8-10(16)4-5-13(12)22-3/h4-9H,1-3H3,(H,19,21)(H,17,18,20). The Hall–Kier alpha value is -2.34. The molecule has 0 saturated heterocycles. The molecule has 116 valence electrons. The molecule has 1 amide bonds. The molecule has 0 spiro atoms. The van der Waals surface area contributed by atoms with Crippen LogP contribution in [0.1, 0.15) is 24.3 Å². The van der Waals surface area contributed by atoms with Crippen LogP contribution in [0.2, 0.25) is 5.02 Å². The van der Waals surface area contributed by atoms with Gasteiger partial charge in [-0.2, -0.15) is 0 Å². The van der Waals surface area contributed by atoms with E-state index in [0.29, 0.717) is 22.4 Å². The first-order chi connectivity index (χ1) is 10.5. The third-order valence-corrected chi connectivity index (χ3v) is 2.95. The largest absolute Gasteiger partial charge is 0.495 e. The summed E-state index contributed by atoms with van der Waals surface area (Å²) in [5.41, 5.74) is 0.733. The van der Waals surface area contributed by atoms with E-state index in [1.54, 1.807) is 18.2 Å². The Bertz CT molecular complexity index is 676. The van der Waals surface area contributed by atoms with Gasteiger partial charge in [0, 0.05) is 17.3 Å². The molecule has 0 fully saturated rings. The van der Waals surface area contributed by atoms with Crippen molar-refractivity contribution in [3.63, 3.8) is 0 Å². The third-order valence-electron chi connectivity index (χ3n) is 2.72. The van der Waals surface area contributed by atoms with E-state index >= 15 is 0 Å². The topological polar surface area (TPSA) is 76.1 Å². The zero-order valence-corrected chi connectivity index (χ0v) is 13.3. The first kappa shape index (κ1) is 16.0. The first-order valence-electron chi connectivity index (χ1n) is 6.74. The Morgan fingerprint density at radius 2 is 2.09 bits per heavy atom. The fourth-order valence-corrected chi connectivity index (χ4v) is 1.95. The second-order valence-corrected chi connectivity index (χ2v) is 5.30. The van der Waals surface area contributed by atoms with Crippen LogP contribution in [0.15, 0.2) is 30.5 Å². The maximum atomic E-state index is 12.3. The fourth-order valence-electron chi connectivity index (χ4n) is 1.78. The molecule has 0 aliphatic rings. The van der Waals surface area contributed by atoms with Crippen molar-refractivity contribution in [1.82, 2.24) is 9.97 Å². The summed E-state index contributed by atoms with van der Waals surface area (Å²) in [6.45, 7) is 3.93. The molecule has 2 N–H and O–H groups in total. The Morgan fingerprint density at radius 1 is 1.32 bits per heavy atom. The van der Waals surface area contributed by atoms with Gasteiger partial charge in [-0.15, -0.1) is 0 Å². The van der Waals surface area contributed by atoms with Gasteiger partial charge in [0.25, 0.3) is 5.91 Å². The maximum Gasteiger partial charge on any atom is 0.274 e. The summed E-state index contributed by atoms with van der Waals surface area (Å²) in [6.07, 6.45) is 1.53. The van der Waals surface area contributed by atoms with Crippen LogP contribution >= 0.6 is 11.6 Å². The predicted molar refractivity (Wildman–Crippen MR) is 86.7 cm³/mol. The summed E-state index contributed by atoms with van der Waals surface area (Å²) in [4.78, 5) is 20.6. The normalized spacial score (nSPS) is 10.4. The molecule has 1 aromatic heterocycles. The summed E-state index contributed by atoms with van der Waals surface area (Å²) in [6, 6.07) is 6.70. The lowest BCUT2D eigenvalue weighted by Crippen LogP contribution is -2.17. The smallest absolute Gasteiger partial charge is 0.274 e. The lowest BCUT2D eigenvalue weighted by molar-refractivity contribution is 0.102. The molecule has 0 aliphatic carbocycles. The van der Waals surface area contributed by atoms with Crippen LogP contribution in [-0.4, -0.2) is 29.0 Å². The Morgan fingerprint density at radius 3 is 2.77 bits per heavy atom. The molecule has 0 atom stereocenters. The van der Waals surface area contributed by atoms with Gasteiger partial charge in [-0.1, -0.05) is 11.6 Å². The minimum Gasteiger partial charge on any atom is -0.495 e. The van der Waals surface area contributed by atoms with Gasteiger partial charge in [-0.05, 0) is 38.1 Å².